The van der Waals surface area contributed by atoms with E-state index in [4.69, 9.17) is 9.52 Å². The summed E-state index contributed by atoms with van der Waals surface area (Å²) in [5.41, 5.74) is 5.56. The molecule has 182 valence electrons. The molecule has 0 saturated carbocycles. The lowest BCUT2D eigenvalue weighted by Gasteiger charge is -2.22. The molecule has 4 rings (SSSR count). The van der Waals surface area contributed by atoms with Gasteiger partial charge in [-0.25, -0.2) is 4.68 Å². The number of aromatic nitrogens is 2. The maximum Gasteiger partial charge on any atom is 0.319 e. The van der Waals surface area contributed by atoms with Crippen molar-refractivity contribution < 1.29 is 14.3 Å². The summed E-state index contributed by atoms with van der Waals surface area (Å²) in [6.07, 6.45) is 3.77. The SMILES string of the molecule is Cc1ccc(-n2cc(C)c(CN(Cc3ccc(SC(C)(C)C(=O)O)cc3)Cc3ccco3)n2)cc1. The van der Waals surface area contributed by atoms with Gasteiger partial charge in [0, 0.05) is 24.2 Å². The van der Waals surface area contributed by atoms with Crippen molar-refractivity contribution in [2.75, 3.05) is 0 Å². The first kappa shape index (κ1) is 24.8. The molecule has 4 aromatic rings. The van der Waals surface area contributed by atoms with Crippen molar-refractivity contribution in [1.29, 1.82) is 0 Å². The van der Waals surface area contributed by atoms with Gasteiger partial charge < -0.3 is 9.52 Å². The van der Waals surface area contributed by atoms with E-state index in [0.717, 1.165) is 33.2 Å². The minimum atomic E-state index is -0.874. The van der Waals surface area contributed by atoms with Crippen LogP contribution in [-0.2, 0) is 24.4 Å². The molecule has 0 atom stereocenters. The van der Waals surface area contributed by atoms with Crippen molar-refractivity contribution >= 4 is 17.7 Å². The Hall–Kier alpha value is -3.29. The molecule has 0 spiro atoms. The van der Waals surface area contributed by atoms with Crippen LogP contribution in [-0.4, -0.2) is 30.5 Å². The molecule has 0 aliphatic heterocycles. The van der Waals surface area contributed by atoms with Crippen LogP contribution < -0.4 is 0 Å². The molecular formula is C28H31N3O3S. The first-order chi connectivity index (χ1) is 16.7. The maximum absolute atomic E-state index is 11.5. The van der Waals surface area contributed by atoms with Crippen LogP contribution in [0.15, 0.2) is 82.4 Å². The molecule has 0 fully saturated rings. The van der Waals surface area contributed by atoms with Gasteiger partial charge in [0.2, 0.25) is 0 Å². The molecule has 0 bridgehead atoms. The van der Waals surface area contributed by atoms with Gasteiger partial charge in [0.15, 0.2) is 0 Å². The quantitative estimate of drug-likeness (QED) is 0.266. The zero-order valence-electron chi connectivity index (χ0n) is 20.6. The molecule has 0 aliphatic carbocycles. The lowest BCUT2D eigenvalue weighted by atomic mass is 10.2. The van der Waals surface area contributed by atoms with E-state index < -0.39 is 10.7 Å². The van der Waals surface area contributed by atoms with E-state index in [1.165, 1.54) is 17.3 Å². The molecule has 0 saturated heterocycles. The topological polar surface area (TPSA) is 71.5 Å². The summed E-state index contributed by atoms with van der Waals surface area (Å²) in [4.78, 5) is 14.7. The van der Waals surface area contributed by atoms with Gasteiger partial charge >= 0.3 is 5.97 Å². The number of nitrogens with zero attached hydrogens (tertiary/aromatic N) is 3. The van der Waals surface area contributed by atoms with Crippen LogP contribution in [0.3, 0.4) is 0 Å². The second-order valence-electron chi connectivity index (χ2n) is 9.32. The number of benzene rings is 2. The number of hydrogen-bond donors (Lipinski definition) is 1. The van der Waals surface area contributed by atoms with Gasteiger partial charge in [-0.3, -0.25) is 9.69 Å². The first-order valence-corrected chi connectivity index (χ1v) is 12.4. The fraction of sp³-hybridized carbons (Fsp3) is 0.286. The van der Waals surface area contributed by atoms with Crippen LogP contribution in [0.25, 0.3) is 5.69 Å². The molecule has 6 nitrogen and oxygen atoms in total. The molecule has 35 heavy (non-hydrogen) atoms. The average molecular weight is 490 g/mol. The Labute approximate surface area is 210 Å². The number of thioether (sulfide) groups is 1. The summed E-state index contributed by atoms with van der Waals surface area (Å²) in [6.45, 7) is 9.65. The second kappa shape index (κ2) is 10.5. The highest BCUT2D eigenvalue weighted by Crippen LogP contribution is 2.33. The summed E-state index contributed by atoms with van der Waals surface area (Å²) in [5, 5.41) is 14.3. The molecule has 0 aliphatic rings. The smallest absolute Gasteiger partial charge is 0.319 e. The Kier molecular flexibility index (Phi) is 7.48. The third-order valence-corrected chi connectivity index (χ3v) is 7.04. The van der Waals surface area contributed by atoms with Crippen LogP contribution in [0.1, 0.15) is 42.0 Å². The van der Waals surface area contributed by atoms with Crippen LogP contribution in [0, 0.1) is 13.8 Å². The maximum atomic E-state index is 11.5. The fourth-order valence-electron chi connectivity index (χ4n) is 3.74. The molecule has 2 aromatic heterocycles. The number of aliphatic carboxylic acids is 1. The summed E-state index contributed by atoms with van der Waals surface area (Å²) in [7, 11) is 0. The first-order valence-electron chi connectivity index (χ1n) is 11.6. The van der Waals surface area contributed by atoms with Gasteiger partial charge in [-0.15, -0.1) is 11.8 Å². The highest BCUT2D eigenvalue weighted by atomic mass is 32.2. The number of aryl methyl sites for hydroxylation is 2. The second-order valence-corrected chi connectivity index (χ2v) is 11.0. The van der Waals surface area contributed by atoms with Gasteiger partial charge in [-0.05, 0) is 75.2 Å². The van der Waals surface area contributed by atoms with Gasteiger partial charge in [-0.1, -0.05) is 29.8 Å². The van der Waals surface area contributed by atoms with Gasteiger partial charge in [-0.2, -0.15) is 5.10 Å². The summed E-state index contributed by atoms with van der Waals surface area (Å²) < 4.78 is 6.69. The number of carbonyl (C=O) groups is 1. The Morgan fingerprint density at radius 1 is 1.03 bits per heavy atom. The van der Waals surface area contributed by atoms with Crippen molar-refractivity contribution in [3.63, 3.8) is 0 Å². The van der Waals surface area contributed by atoms with Crippen molar-refractivity contribution in [2.24, 2.45) is 0 Å². The van der Waals surface area contributed by atoms with E-state index in [-0.39, 0.29) is 0 Å². The van der Waals surface area contributed by atoms with E-state index >= 15 is 0 Å². The lowest BCUT2D eigenvalue weighted by molar-refractivity contribution is -0.138. The zero-order chi connectivity index (χ0) is 25.0. The van der Waals surface area contributed by atoms with Crippen molar-refractivity contribution in [3.05, 3.63) is 101 Å². The van der Waals surface area contributed by atoms with E-state index in [9.17, 15) is 9.90 Å². The largest absolute Gasteiger partial charge is 0.480 e. The van der Waals surface area contributed by atoms with Crippen LogP contribution >= 0.6 is 11.8 Å². The minimum absolute atomic E-state index is 0.659. The van der Waals surface area contributed by atoms with Crippen LogP contribution in [0.4, 0.5) is 0 Å². The number of rotatable bonds is 10. The predicted octanol–water partition coefficient (Wildman–Crippen LogP) is 6.24. The van der Waals surface area contributed by atoms with Gasteiger partial charge in [0.05, 0.1) is 24.2 Å². The molecule has 0 radical (unpaired) electrons. The average Bonchev–Trinajstić information content (AvgIpc) is 3.45. The summed E-state index contributed by atoms with van der Waals surface area (Å²) in [6, 6.07) is 20.3. The Bertz CT molecular complexity index is 1260. The summed E-state index contributed by atoms with van der Waals surface area (Å²) >= 11 is 1.35. The molecule has 7 heteroatoms. The number of furan rings is 1. The Balaban J connectivity index is 1.51. The van der Waals surface area contributed by atoms with Gasteiger partial charge in [0.1, 0.15) is 10.5 Å². The minimum Gasteiger partial charge on any atom is -0.480 e. The van der Waals surface area contributed by atoms with E-state index in [2.05, 4.69) is 61.3 Å². The molecule has 0 unspecified atom stereocenters. The van der Waals surface area contributed by atoms with E-state index in [0.29, 0.717) is 19.6 Å². The third-order valence-electron chi connectivity index (χ3n) is 5.85. The molecule has 2 heterocycles. The molecular weight excluding hydrogens is 458 g/mol. The Morgan fingerprint density at radius 3 is 2.37 bits per heavy atom. The predicted molar refractivity (Wildman–Crippen MR) is 139 cm³/mol. The summed E-state index contributed by atoms with van der Waals surface area (Å²) in [5.74, 6) is 0.0765. The van der Waals surface area contributed by atoms with Crippen LogP contribution in [0.5, 0.6) is 0 Å². The number of hydrogen-bond acceptors (Lipinski definition) is 5. The number of carboxylic acid groups (broad SMARTS) is 1. The highest BCUT2D eigenvalue weighted by molar-refractivity contribution is 8.01. The van der Waals surface area contributed by atoms with E-state index in [1.807, 2.05) is 28.9 Å². The zero-order valence-corrected chi connectivity index (χ0v) is 21.4. The molecule has 1 N–H and O–H groups in total. The van der Waals surface area contributed by atoms with Crippen molar-refractivity contribution in [3.8, 4) is 5.69 Å². The van der Waals surface area contributed by atoms with Crippen molar-refractivity contribution in [1.82, 2.24) is 14.7 Å². The van der Waals surface area contributed by atoms with Gasteiger partial charge in [0.25, 0.3) is 0 Å². The van der Waals surface area contributed by atoms with Crippen molar-refractivity contribution in [2.45, 2.75) is 57.0 Å². The fourth-order valence-corrected chi connectivity index (χ4v) is 4.69. The lowest BCUT2D eigenvalue weighted by Crippen LogP contribution is -2.26. The van der Waals surface area contributed by atoms with Crippen LogP contribution in [0.2, 0.25) is 0 Å². The molecule has 0 amide bonds. The normalized spacial score (nSPS) is 11.8. The highest BCUT2D eigenvalue weighted by Gasteiger charge is 2.28. The molecule has 2 aromatic carbocycles. The third kappa shape index (κ3) is 6.44. The van der Waals surface area contributed by atoms with E-state index in [1.54, 1.807) is 20.1 Å². The standard InChI is InChI=1S/C28H31N3O3S/c1-20-7-11-23(12-8-20)31-16-21(2)26(29-31)19-30(18-24-6-5-15-34-24)17-22-9-13-25(14-10-22)35-28(3,4)27(32)33/h5-16H,17-19H2,1-4H3,(H,32,33). The monoisotopic (exact) mass is 489 g/mol. The Morgan fingerprint density at radius 2 is 1.74 bits per heavy atom. The number of carboxylic acids is 1.